The Balaban J connectivity index is 1.20. The maximum Gasteiger partial charge on any atom is 0.407 e. The van der Waals surface area contributed by atoms with E-state index in [0.29, 0.717) is 5.56 Å². The highest BCUT2D eigenvalue weighted by atomic mass is 16.8. The van der Waals surface area contributed by atoms with E-state index >= 15 is 0 Å². The Morgan fingerprint density at radius 1 is 0.645 bits per heavy atom. The third-order valence-corrected chi connectivity index (χ3v) is 11.1. The summed E-state index contributed by atoms with van der Waals surface area (Å²) in [6.07, 6.45) is -33.7. The van der Waals surface area contributed by atoms with Crippen molar-refractivity contribution in [3.63, 3.8) is 0 Å². The van der Waals surface area contributed by atoms with Crippen molar-refractivity contribution in [3.8, 4) is 0 Å². The van der Waals surface area contributed by atoms with E-state index in [0.717, 1.165) is 6.08 Å². The highest BCUT2D eigenvalue weighted by molar-refractivity contribution is 5.67. The molecule has 5 rings (SSSR count). The van der Waals surface area contributed by atoms with Crippen LogP contribution in [0.15, 0.2) is 43.0 Å². The van der Waals surface area contributed by atoms with Crippen molar-refractivity contribution in [2.24, 2.45) is 5.92 Å². The molecule has 0 bridgehead atoms. The number of hydrogen-bond donors (Lipinski definition) is 14. The summed E-state index contributed by atoms with van der Waals surface area (Å²) in [4.78, 5) is 12.5. The number of amides is 1. The van der Waals surface area contributed by atoms with Crippen molar-refractivity contribution in [2.75, 3.05) is 33.0 Å². The Labute approximate surface area is 354 Å². The van der Waals surface area contributed by atoms with E-state index in [1.165, 1.54) is 6.92 Å². The first kappa shape index (κ1) is 50.4. The lowest BCUT2D eigenvalue weighted by molar-refractivity contribution is -0.387. The molecule has 4 aliphatic rings. The first-order chi connectivity index (χ1) is 29.6. The zero-order chi connectivity index (χ0) is 45.4. The van der Waals surface area contributed by atoms with Gasteiger partial charge in [-0.2, -0.15) is 0 Å². The van der Waals surface area contributed by atoms with Crippen LogP contribution in [0.5, 0.6) is 0 Å². The zero-order valence-electron chi connectivity index (χ0n) is 33.5. The van der Waals surface area contributed by atoms with Crippen molar-refractivity contribution in [3.05, 3.63) is 48.6 Å². The Hall–Kier alpha value is -2.61. The molecule has 4 heterocycles. The predicted octanol–water partition coefficient (Wildman–Crippen LogP) is -6.61. The molecule has 1 aromatic carbocycles. The lowest BCUT2D eigenvalue weighted by Crippen LogP contribution is -2.67. The number of aliphatic hydroxyl groups is 13. The molecule has 4 fully saturated rings. The molecular weight excluding hydrogens is 838 g/mol. The number of carbonyl (C=O) groups is 1. The standard InChI is InChI=1S/C38H59NO23/c1-3-18(44)17(39-38(53)55-13-16-7-5-4-6-8-16)14-54-35-28(50)26(48)31(21(11-42)58-35)60-36-29(51)27(49)32(22(12-43)59-36)61-37-30(52)33(25(47)20(10-41)57-37)62-34-15(2)23(45)24(46)19(9-40)56-34/h3-8,15,17-37,40-52H,1,9-14H2,2H3,(H,39,53)/t15?,17-,18+,19?,20?,21?,22?,23+,24-,25-,26+,27+,28?,29?,30?,31+,32-,33-,34-,35+,36-,37+/m0/s1. The van der Waals surface area contributed by atoms with Crippen LogP contribution >= 0.6 is 0 Å². The molecule has 0 radical (unpaired) electrons. The average Bonchev–Trinajstić information content (AvgIpc) is 3.28. The van der Waals surface area contributed by atoms with Crippen LogP contribution in [0, 0.1) is 5.92 Å². The average molecular weight is 898 g/mol. The van der Waals surface area contributed by atoms with Crippen molar-refractivity contribution < 1.29 is 114 Å². The summed E-state index contributed by atoms with van der Waals surface area (Å²) in [5, 5.41) is 140. The second kappa shape index (κ2) is 23.0. The van der Waals surface area contributed by atoms with Crippen molar-refractivity contribution >= 4 is 6.09 Å². The van der Waals surface area contributed by atoms with Crippen LogP contribution in [0.1, 0.15) is 12.5 Å². The van der Waals surface area contributed by atoms with Gasteiger partial charge in [0.1, 0.15) is 92.1 Å². The molecule has 8 unspecified atom stereocenters. The smallest absolute Gasteiger partial charge is 0.407 e. The van der Waals surface area contributed by atoms with Gasteiger partial charge in [-0.05, 0) is 5.56 Å². The SMILES string of the molecule is C=C[C@@H](O)[C@H](CO[C@@H]1OC(CO)[C@@H](O[C@@H]2OC(CO)[C@H](O[C@H]3OC(CO)[C@H](O)[C@H](O[C@@H]4OC(CO)[C@H](O)[C@H](O)C4C)C3O)[C@H](O)C2O)[C@H](O)C1O)NC(=O)OCc1ccccc1. The highest BCUT2D eigenvalue weighted by Gasteiger charge is 2.55. The van der Waals surface area contributed by atoms with Gasteiger partial charge in [0, 0.05) is 5.92 Å². The minimum absolute atomic E-state index is 0.0854. The van der Waals surface area contributed by atoms with Gasteiger partial charge in [-0.1, -0.05) is 43.3 Å². The monoisotopic (exact) mass is 897 g/mol. The van der Waals surface area contributed by atoms with E-state index in [2.05, 4.69) is 11.9 Å². The number of aliphatic hydroxyl groups excluding tert-OH is 13. The van der Waals surface area contributed by atoms with Gasteiger partial charge in [-0.15, -0.1) is 6.58 Å². The quantitative estimate of drug-likeness (QED) is 0.0609. The van der Waals surface area contributed by atoms with Gasteiger partial charge in [0.2, 0.25) is 0 Å². The maximum absolute atomic E-state index is 12.5. The minimum atomic E-state index is -2.07. The lowest BCUT2D eigenvalue weighted by Gasteiger charge is -2.49. The van der Waals surface area contributed by atoms with E-state index in [1.54, 1.807) is 30.3 Å². The van der Waals surface area contributed by atoms with Crippen LogP contribution < -0.4 is 5.32 Å². The number of carbonyl (C=O) groups excluding carboxylic acids is 1. The highest BCUT2D eigenvalue weighted by Crippen LogP contribution is 2.35. The van der Waals surface area contributed by atoms with Crippen LogP contribution in [-0.2, 0) is 49.2 Å². The first-order valence-corrected chi connectivity index (χ1v) is 19.9. The molecule has 4 saturated heterocycles. The van der Waals surface area contributed by atoms with E-state index in [9.17, 15) is 71.2 Å². The zero-order valence-corrected chi connectivity index (χ0v) is 33.5. The largest absolute Gasteiger partial charge is 0.445 e. The molecule has 62 heavy (non-hydrogen) atoms. The molecule has 22 atom stereocenters. The van der Waals surface area contributed by atoms with Crippen LogP contribution in [0.25, 0.3) is 0 Å². The van der Waals surface area contributed by atoms with Crippen LogP contribution in [-0.4, -0.2) is 234 Å². The third-order valence-electron chi connectivity index (χ3n) is 11.1. The molecule has 24 nitrogen and oxygen atoms in total. The van der Waals surface area contributed by atoms with Gasteiger partial charge in [0.15, 0.2) is 25.2 Å². The van der Waals surface area contributed by atoms with Gasteiger partial charge in [-0.25, -0.2) is 4.79 Å². The molecule has 1 aromatic rings. The minimum Gasteiger partial charge on any atom is -0.445 e. The summed E-state index contributed by atoms with van der Waals surface area (Å²) in [6.45, 7) is 0.925. The molecule has 0 aliphatic carbocycles. The van der Waals surface area contributed by atoms with E-state index in [4.69, 9.17) is 42.6 Å². The summed E-state index contributed by atoms with van der Waals surface area (Å²) in [5.74, 6) is -0.964. The lowest BCUT2D eigenvalue weighted by atomic mass is 9.92. The Bertz CT molecular complexity index is 1510. The number of rotatable bonds is 18. The molecule has 1 amide bonds. The fourth-order valence-corrected chi connectivity index (χ4v) is 7.36. The summed E-state index contributed by atoms with van der Waals surface area (Å²) in [7, 11) is 0. The topological polar surface area (TPSA) is 375 Å². The first-order valence-electron chi connectivity index (χ1n) is 19.9. The number of alkyl carbamates (subject to hydrolysis) is 1. The maximum atomic E-state index is 12.5. The second-order valence-electron chi connectivity index (χ2n) is 15.4. The molecule has 14 N–H and O–H groups in total. The summed E-state index contributed by atoms with van der Waals surface area (Å²) in [5.41, 5.74) is 0.693. The fraction of sp³-hybridized carbons (Fsp3) is 0.763. The Morgan fingerprint density at radius 2 is 1.13 bits per heavy atom. The predicted molar refractivity (Wildman–Crippen MR) is 201 cm³/mol. The molecule has 24 heteroatoms. The Kier molecular flexibility index (Phi) is 18.7. The number of hydrogen-bond acceptors (Lipinski definition) is 23. The van der Waals surface area contributed by atoms with E-state index in [1.807, 2.05) is 0 Å². The molecular formula is C38H59NO23. The number of benzene rings is 1. The van der Waals surface area contributed by atoms with Gasteiger partial charge >= 0.3 is 6.09 Å². The van der Waals surface area contributed by atoms with E-state index in [-0.39, 0.29) is 6.61 Å². The van der Waals surface area contributed by atoms with Gasteiger partial charge in [-0.3, -0.25) is 0 Å². The third kappa shape index (κ3) is 11.6. The van der Waals surface area contributed by atoms with Crippen LogP contribution in [0.4, 0.5) is 4.79 Å². The molecule has 354 valence electrons. The normalized spacial score (nSPS) is 42.4. The summed E-state index contributed by atoms with van der Waals surface area (Å²) >= 11 is 0. The summed E-state index contributed by atoms with van der Waals surface area (Å²) < 4.78 is 50.5. The Morgan fingerprint density at radius 3 is 1.69 bits per heavy atom. The molecule has 0 saturated carbocycles. The fourth-order valence-electron chi connectivity index (χ4n) is 7.36. The second-order valence-corrected chi connectivity index (χ2v) is 15.4. The van der Waals surface area contributed by atoms with Crippen molar-refractivity contribution in [2.45, 2.75) is 142 Å². The van der Waals surface area contributed by atoms with Gasteiger partial charge in [0.25, 0.3) is 0 Å². The number of nitrogens with one attached hydrogen (secondary N) is 1. The van der Waals surface area contributed by atoms with Crippen molar-refractivity contribution in [1.29, 1.82) is 0 Å². The molecule has 0 aromatic heterocycles. The number of ether oxygens (including phenoxy) is 9. The summed E-state index contributed by atoms with van der Waals surface area (Å²) in [6, 6.07) is 7.55. The molecule has 4 aliphatic heterocycles. The molecule has 0 spiro atoms. The van der Waals surface area contributed by atoms with Gasteiger partial charge < -0.3 is 114 Å². The van der Waals surface area contributed by atoms with E-state index < -0.39 is 174 Å². The van der Waals surface area contributed by atoms with Crippen LogP contribution in [0.2, 0.25) is 0 Å². The van der Waals surface area contributed by atoms with Gasteiger partial charge in [0.05, 0.1) is 51.3 Å². The van der Waals surface area contributed by atoms with Crippen LogP contribution in [0.3, 0.4) is 0 Å². The van der Waals surface area contributed by atoms with Crippen molar-refractivity contribution in [1.82, 2.24) is 5.32 Å².